The predicted octanol–water partition coefficient (Wildman–Crippen LogP) is 0.587. The number of nitrogens with one attached hydrogen (secondary N) is 1. The highest BCUT2D eigenvalue weighted by Crippen LogP contribution is 2.31. The van der Waals surface area contributed by atoms with E-state index in [-0.39, 0.29) is 23.7 Å². The monoisotopic (exact) mass is 242 g/mol. The Morgan fingerprint density at radius 1 is 1.41 bits per heavy atom. The van der Waals surface area contributed by atoms with Gasteiger partial charge in [-0.15, -0.1) is 0 Å². The van der Waals surface area contributed by atoms with Gasteiger partial charge in [0.25, 0.3) is 0 Å². The molecule has 3 atom stereocenters. The molecular weight excluding hydrogens is 220 g/mol. The molecule has 0 saturated heterocycles. The summed E-state index contributed by atoms with van der Waals surface area (Å²) in [5, 5.41) is 11.6. The number of hydrogen-bond donors (Lipinski definition) is 3. The van der Waals surface area contributed by atoms with Gasteiger partial charge in [0.15, 0.2) is 0 Å². The number of nitrogens with two attached hydrogens (primary N) is 1. The fourth-order valence-electron chi connectivity index (χ4n) is 2.44. The minimum Gasteiger partial charge on any atom is -0.480 e. The van der Waals surface area contributed by atoms with Crippen LogP contribution in [0, 0.1) is 17.8 Å². The number of rotatable bonds is 5. The summed E-state index contributed by atoms with van der Waals surface area (Å²) >= 11 is 0. The molecule has 0 aromatic carbocycles. The van der Waals surface area contributed by atoms with E-state index < -0.39 is 12.0 Å². The van der Waals surface area contributed by atoms with Gasteiger partial charge in [0.2, 0.25) is 5.91 Å². The largest absolute Gasteiger partial charge is 0.480 e. The Labute approximate surface area is 102 Å². The Hall–Kier alpha value is -1.10. The molecule has 98 valence electrons. The van der Waals surface area contributed by atoms with Crippen LogP contribution in [0.4, 0.5) is 0 Å². The summed E-state index contributed by atoms with van der Waals surface area (Å²) in [7, 11) is 0. The van der Waals surface area contributed by atoms with Crippen molar-refractivity contribution in [1.82, 2.24) is 5.32 Å². The number of carboxylic acid groups (broad SMARTS) is 1. The second kappa shape index (κ2) is 6.00. The highest BCUT2D eigenvalue weighted by Gasteiger charge is 2.34. The van der Waals surface area contributed by atoms with Gasteiger partial charge in [-0.05, 0) is 31.2 Å². The minimum atomic E-state index is -0.976. The highest BCUT2D eigenvalue weighted by molar-refractivity contribution is 5.85. The van der Waals surface area contributed by atoms with Crippen LogP contribution in [-0.2, 0) is 9.59 Å². The molecule has 5 heteroatoms. The summed E-state index contributed by atoms with van der Waals surface area (Å²) in [6.07, 6.45) is 2.78. The van der Waals surface area contributed by atoms with E-state index in [0.29, 0.717) is 6.54 Å². The summed E-state index contributed by atoms with van der Waals surface area (Å²) in [5.41, 5.74) is 5.62. The summed E-state index contributed by atoms with van der Waals surface area (Å²) in [6.45, 7) is 4.07. The second-order valence-electron chi connectivity index (χ2n) is 5.10. The standard InChI is InChI=1S/C12H22N2O3/c1-7(2)10(12(16)17)14-11(15)9-5-3-4-8(9)6-13/h7-10H,3-6,13H2,1-2H3,(H,14,15)(H,16,17)/t8?,9?,10-/m0/s1. The van der Waals surface area contributed by atoms with Gasteiger partial charge < -0.3 is 16.2 Å². The summed E-state index contributed by atoms with van der Waals surface area (Å²) in [5.74, 6) is -1.15. The van der Waals surface area contributed by atoms with Crippen LogP contribution in [0.2, 0.25) is 0 Å². The molecule has 0 aromatic heterocycles. The molecule has 5 nitrogen and oxygen atoms in total. The third-order valence-electron chi connectivity index (χ3n) is 3.53. The van der Waals surface area contributed by atoms with Gasteiger partial charge in [-0.3, -0.25) is 4.79 Å². The average molecular weight is 242 g/mol. The number of amides is 1. The second-order valence-corrected chi connectivity index (χ2v) is 5.10. The maximum Gasteiger partial charge on any atom is 0.326 e. The molecule has 0 spiro atoms. The zero-order chi connectivity index (χ0) is 13.0. The van der Waals surface area contributed by atoms with E-state index in [1.807, 2.05) is 0 Å². The SMILES string of the molecule is CC(C)[C@H](NC(=O)C1CCCC1CN)C(=O)O. The van der Waals surface area contributed by atoms with E-state index in [2.05, 4.69) is 5.32 Å². The van der Waals surface area contributed by atoms with Gasteiger partial charge >= 0.3 is 5.97 Å². The molecule has 1 amide bonds. The Balaban J connectivity index is 2.61. The minimum absolute atomic E-state index is 0.111. The number of hydrogen-bond acceptors (Lipinski definition) is 3. The first-order valence-electron chi connectivity index (χ1n) is 6.20. The van der Waals surface area contributed by atoms with Crippen LogP contribution in [0.5, 0.6) is 0 Å². The molecule has 1 fully saturated rings. The molecule has 1 aliphatic rings. The van der Waals surface area contributed by atoms with E-state index in [0.717, 1.165) is 19.3 Å². The maximum absolute atomic E-state index is 12.0. The van der Waals surface area contributed by atoms with Gasteiger partial charge in [-0.1, -0.05) is 20.3 Å². The quantitative estimate of drug-likeness (QED) is 0.657. The van der Waals surface area contributed by atoms with E-state index in [1.54, 1.807) is 13.8 Å². The molecule has 0 aromatic rings. The van der Waals surface area contributed by atoms with Gasteiger partial charge in [0, 0.05) is 5.92 Å². The Morgan fingerprint density at radius 3 is 2.53 bits per heavy atom. The van der Waals surface area contributed by atoms with Gasteiger partial charge in [-0.2, -0.15) is 0 Å². The first-order valence-corrected chi connectivity index (χ1v) is 6.20. The van der Waals surface area contributed by atoms with Crippen molar-refractivity contribution >= 4 is 11.9 Å². The lowest BCUT2D eigenvalue weighted by Crippen LogP contribution is -2.47. The normalized spacial score (nSPS) is 25.9. The Kier molecular flexibility index (Phi) is 4.93. The first-order chi connectivity index (χ1) is 7.97. The van der Waals surface area contributed by atoms with Crippen molar-refractivity contribution in [2.24, 2.45) is 23.5 Å². The molecule has 17 heavy (non-hydrogen) atoms. The number of carbonyl (C=O) groups excluding carboxylic acids is 1. The third kappa shape index (κ3) is 3.43. The highest BCUT2D eigenvalue weighted by atomic mass is 16.4. The van der Waals surface area contributed by atoms with Crippen molar-refractivity contribution in [2.75, 3.05) is 6.54 Å². The van der Waals surface area contributed by atoms with Gasteiger partial charge in [0.1, 0.15) is 6.04 Å². The molecule has 0 radical (unpaired) electrons. The van der Waals surface area contributed by atoms with Crippen molar-refractivity contribution in [3.05, 3.63) is 0 Å². The molecule has 1 saturated carbocycles. The Morgan fingerprint density at radius 2 is 2.06 bits per heavy atom. The summed E-state index contributed by atoms with van der Waals surface area (Å²) in [6, 6.07) is -0.804. The molecule has 1 rings (SSSR count). The first kappa shape index (κ1) is 14.0. The molecular formula is C12H22N2O3. The average Bonchev–Trinajstić information content (AvgIpc) is 2.72. The van der Waals surface area contributed by atoms with Gasteiger partial charge in [0.05, 0.1) is 0 Å². The Bertz CT molecular complexity index is 291. The third-order valence-corrected chi connectivity index (χ3v) is 3.53. The van der Waals surface area contributed by atoms with Crippen molar-refractivity contribution in [2.45, 2.75) is 39.2 Å². The topological polar surface area (TPSA) is 92.4 Å². The van der Waals surface area contributed by atoms with E-state index >= 15 is 0 Å². The van der Waals surface area contributed by atoms with Gasteiger partial charge in [-0.25, -0.2) is 4.79 Å². The molecule has 1 aliphatic carbocycles. The maximum atomic E-state index is 12.0. The zero-order valence-corrected chi connectivity index (χ0v) is 10.5. The number of aliphatic carboxylic acids is 1. The fourth-order valence-corrected chi connectivity index (χ4v) is 2.44. The smallest absolute Gasteiger partial charge is 0.326 e. The van der Waals surface area contributed by atoms with Crippen molar-refractivity contribution in [3.8, 4) is 0 Å². The van der Waals surface area contributed by atoms with Crippen LogP contribution in [0.15, 0.2) is 0 Å². The molecule has 0 heterocycles. The van der Waals surface area contributed by atoms with E-state index in [9.17, 15) is 9.59 Å². The van der Waals surface area contributed by atoms with Crippen molar-refractivity contribution in [1.29, 1.82) is 0 Å². The van der Waals surface area contributed by atoms with Crippen LogP contribution < -0.4 is 11.1 Å². The zero-order valence-electron chi connectivity index (χ0n) is 10.5. The molecule has 0 aliphatic heterocycles. The number of carboxylic acids is 1. The van der Waals surface area contributed by atoms with Crippen molar-refractivity contribution < 1.29 is 14.7 Å². The van der Waals surface area contributed by atoms with Crippen LogP contribution in [0.3, 0.4) is 0 Å². The van der Waals surface area contributed by atoms with E-state index in [4.69, 9.17) is 10.8 Å². The number of carbonyl (C=O) groups is 2. The molecule has 0 bridgehead atoms. The van der Waals surface area contributed by atoms with Crippen molar-refractivity contribution in [3.63, 3.8) is 0 Å². The van der Waals surface area contributed by atoms with Crippen LogP contribution in [0.25, 0.3) is 0 Å². The lowest BCUT2D eigenvalue weighted by atomic mass is 9.94. The fraction of sp³-hybridized carbons (Fsp3) is 0.833. The summed E-state index contributed by atoms with van der Waals surface area (Å²) in [4.78, 5) is 23.0. The lowest BCUT2D eigenvalue weighted by Gasteiger charge is -2.22. The van der Waals surface area contributed by atoms with Crippen LogP contribution in [0.1, 0.15) is 33.1 Å². The van der Waals surface area contributed by atoms with Crippen LogP contribution >= 0.6 is 0 Å². The summed E-state index contributed by atoms with van der Waals surface area (Å²) < 4.78 is 0. The van der Waals surface area contributed by atoms with Crippen LogP contribution in [-0.4, -0.2) is 29.6 Å². The molecule has 2 unspecified atom stereocenters. The van der Waals surface area contributed by atoms with E-state index in [1.165, 1.54) is 0 Å². The lowest BCUT2D eigenvalue weighted by molar-refractivity contribution is -0.144. The molecule has 4 N–H and O–H groups in total. The predicted molar refractivity (Wildman–Crippen MR) is 64.3 cm³/mol.